The number of benzene rings is 1. The van der Waals surface area contributed by atoms with Crippen LogP contribution >= 0.6 is 0 Å². The summed E-state index contributed by atoms with van der Waals surface area (Å²) in [5, 5.41) is 3.40. The van der Waals surface area contributed by atoms with Crippen molar-refractivity contribution in [2.24, 2.45) is 5.92 Å². The van der Waals surface area contributed by atoms with Crippen molar-refractivity contribution in [3.8, 4) is 0 Å². The van der Waals surface area contributed by atoms with Crippen molar-refractivity contribution in [3.63, 3.8) is 0 Å². The zero-order valence-corrected chi connectivity index (χ0v) is 12.5. The second-order valence-corrected chi connectivity index (χ2v) is 5.78. The summed E-state index contributed by atoms with van der Waals surface area (Å²) in [5.74, 6) is 1.03. The molecule has 20 heavy (non-hydrogen) atoms. The quantitative estimate of drug-likeness (QED) is 0.809. The van der Waals surface area contributed by atoms with Gasteiger partial charge in [0.2, 0.25) is 0 Å². The highest BCUT2D eigenvalue weighted by atomic mass is 16.2. The van der Waals surface area contributed by atoms with Gasteiger partial charge in [0.15, 0.2) is 0 Å². The van der Waals surface area contributed by atoms with Crippen molar-refractivity contribution in [3.05, 3.63) is 35.9 Å². The van der Waals surface area contributed by atoms with Crippen LogP contribution in [0.3, 0.4) is 0 Å². The van der Waals surface area contributed by atoms with Gasteiger partial charge in [0.05, 0.1) is 0 Å². The molecule has 1 heterocycles. The Hall–Kier alpha value is -1.35. The van der Waals surface area contributed by atoms with Crippen LogP contribution in [-0.4, -0.2) is 37.5 Å². The maximum Gasteiger partial charge on any atom is 0.253 e. The Kier molecular flexibility index (Phi) is 6.06. The Morgan fingerprint density at radius 3 is 2.60 bits per heavy atom. The predicted molar refractivity (Wildman–Crippen MR) is 82.8 cm³/mol. The first kappa shape index (κ1) is 15.0. The molecule has 0 saturated carbocycles. The molecule has 0 bridgehead atoms. The van der Waals surface area contributed by atoms with E-state index in [1.807, 2.05) is 42.3 Å². The Labute approximate surface area is 122 Å². The van der Waals surface area contributed by atoms with Gasteiger partial charge in [-0.1, -0.05) is 31.0 Å². The van der Waals surface area contributed by atoms with Gasteiger partial charge < -0.3 is 10.2 Å². The minimum atomic E-state index is 0.132. The van der Waals surface area contributed by atoms with Crippen LogP contribution in [0.2, 0.25) is 0 Å². The first-order chi connectivity index (χ1) is 9.77. The number of piperidine rings is 1. The lowest BCUT2D eigenvalue weighted by atomic mass is 9.92. The minimum Gasteiger partial charge on any atom is -0.342 e. The van der Waals surface area contributed by atoms with Crippen LogP contribution in [0.1, 0.15) is 42.5 Å². The van der Waals surface area contributed by atoms with Crippen LogP contribution < -0.4 is 5.32 Å². The molecule has 1 aliphatic heterocycles. The van der Waals surface area contributed by atoms with Gasteiger partial charge in [-0.2, -0.15) is 0 Å². The molecular formula is C17H26N2O. The third-order valence-corrected chi connectivity index (χ3v) is 4.18. The van der Waals surface area contributed by atoms with Gasteiger partial charge in [0.25, 0.3) is 5.91 Å². The monoisotopic (exact) mass is 274 g/mol. The number of carbonyl (C=O) groups is 1. The Morgan fingerprint density at radius 1 is 1.20 bits per heavy atom. The number of amides is 1. The highest BCUT2D eigenvalue weighted by molar-refractivity contribution is 5.93. The topological polar surface area (TPSA) is 32.3 Å². The van der Waals surface area contributed by atoms with E-state index < -0.39 is 0 Å². The maximum absolute atomic E-state index is 12.2. The molecule has 0 atom stereocenters. The average molecular weight is 274 g/mol. The molecule has 0 radical (unpaired) electrons. The fourth-order valence-corrected chi connectivity index (χ4v) is 2.86. The van der Waals surface area contributed by atoms with E-state index in [1.165, 1.54) is 38.8 Å². The molecule has 2 rings (SSSR count). The summed E-state index contributed by atoms with van der Waals surface area (Å²) >= 11 is 0. The summed E-state index contributed by atoms with van der Waals surface area (Å²) in [6.07, 6.45) is 6.29. The zero-order valence-electron chi connectivity index (χ0n) is 12.5. The van der Waals surface area contributed by atoms with Crippen molar-refractivity contribution in [2.45, 2.75) is 32.1 Å². The molecule has 0 spiro atoms. The van der Waals surface area contributed by atoms with Crippen molar-refractivity contribution in [2.75, 3.05) is 26.7 Å². The summed E-state index contributed by atoms with van der Waals surface area (Å²) < 4.78 is 0. The zero-order chi connectivity index (χ0) is 14.2. The van der Waals surface area contributed by atoms with Gasteiger partial charge in [0, 0.05) is 19.2 Å². The van der Waals surface area contributed by atoms with Crippen molar-refractivity contribution >= 4 is 5.91 Å². The first-order valence-corrected chi connectivity index (χ1v) is 7.78. The van der Waals surface area contributed by atoms with Gasteiger partial charge >= 0.3 is 0 Å². The number of nitrogens with zero attached hydrogens (tertiary/aromatic N) is 1. The van der Waals surface area contributed by atoms with E-state index in [0.29, 0.717) is 0 Å². The summed E-state index contributed by atoms with van der Waals surface area (Å²) in [6, 6.07) is 9.54. The van der Waals surface area contributed by atoms with Gasteiger partial charge in [-0.3, -0.25) is 4.79 Å². The Bertz CT molecular complexity index is 399. The lowest BCUT2D eigenvalue weighted by Crippen LogP contribution is -2.29. The number of hydrogen-bond donors (Lipinski definition) is 1. The molecule has 1 N–H and O–H groups in total. The molecule has 1 fully saturated rings. The van der Waals surface area contributed by atoms with Gasteiger partial charge in [-0.25, -0.2) is 0 Å². The van der Waals surface area contributed by atoms with Crippen LogP contribution in [0, 0.1) is 5.92 Å². The summed E-state index contributed by atoms with van der Waals surface area (Å²) in [7, 11) is 1.90. The standard InChI is InChI=1S/C17H26N2O/c1-19(17(20)16-8-3-2-4-9-16)14-6-5-7-15-10-12-18-13-11-15/h2-4,8-9,15,18H,5-7,10-14H2,1H3. The van der Waals surface area contributed by atoms with E-state index in [1.54, 1.807) is 0 Å². The highest BCUT2D eigenvalue weighted by Gasteiger charge is 2.13. The van der Waals surface area contributed by atoms with Crippen LogP contribution in [0.5, 0.6) is 0 Å². The second kappa shape index (κ2) is 8.05. The normalized spacial score (nSPS) is 16.1. The predicted octanol–water partition coefficient (Wildman–Crippen LogP) is 2.93. The SMILES string of the molecule is CN(CCCCC1CCNCC1)C(=O)c1ccccc1. The van der Waals surface area contributed by atoms with Crippen molar-refractivity contribution < 1.29 is 4.79 Å². The van der Waals surface area contributed by atoms with Crippen molar-refractivity contribution in [1.29, 1.82) is 0 Å². The third-order valence-electron chi connectivity index (χ3n) is 4.18. The van der Waals surface area contributed by atoms with E-state index in [-0.39, 0.29) is 5.91 Å². The first-order valence-electron chi connectivity index (χ1n) is 7.78. The minimum absolute atomic E-state index is 0.132. The molecule has 3 nitrogen and oxygen atoms in total. The summed E-state index contributed by atoms with van der Waals surface area (Å²) in [5.41, 5.74) is 0.786. The summed E-state index contributed by atoms with van der Waals surface area (Å²) in [6.45, 7) is 3.22. The fraction of sp³-hybridized carbons (Fsp3) is 0.588. The van der Waals surface area contributed by atoms with E-state index in [4.69, 9.17) is 0 Å². The molecule has 110 valence electrons. The van der Waals surface area contributed by atoms with Gasteiger partial charge in [-0.15, -0.1) is 0 Å². The largest absolute Gasteiger partial charge is 0.342 e. The van der Waals surface area contributed by atoms with Gasteiger partial charge in [0.1, 0.15) is 0 Å². The molecule has 0 unspecified atom stereocenters. The van der Waals surface area contributed by atoms with Crippen LogP contribution in [0.4, 0.5) is 0 Å². The lowest BCUT2D eigenvalue weighted by Gasteiger charge is -2.23. The number of hydrogen-bond acceptors (Lipinski definition) is 2. The highest BCUT2D eigenvalue weighted by Crippen LogP contribution is 2.18. The van der Waals surface area contributed by atoms with E-state index in [9.17, 15) is 4.79 Å². The van der Waals surface area contributed by atoms with Crippen LogP contribution in [0.25, 0.3) is 0 Å². The Balaban J connectivity index is 1.64. The number of nitrogens with one attached hydrogen (secondary N) is 1. The van der Waals surface area contributed by atoms with Crippen LogP contribution in [-0.2, 0) is 0 Å². The molecule has 3 heteroatoms. The van der Waals surface area contributed by atoms with Crippen LogP contribution in [0.15, 0.2) is 30.3 Å². The number of carbonyl (C=O) groups excluding carboxylic acids is 1. The second-order valence-electron chi connectivity index (χ2n) is 5.78. The molecule has 0 aliphatic carbocycles. The number of unbranched alkanes of at least 4 members (excludes halogenated alkanes) is 1. The van der Waals surface area contributed by atoms with E-state index in [2.05, 4.69) is 5.32 Å². The molecule has 1 amide bonds. The molecule has 1 aromatic carbocycles. The fourth-order valence-electron chi connectivity index (χ4n) is 2.86. The molecule has 0 aromatic heterocycles. The maximum atomic E-state index is 12.2. The lowest BCUT2D eigenvalue weighted by molar-refractivity contribution is 0.0792. The molecule has 1 aliphatic rings. The molecular weight excluding hydrogens is 248 g/mol. The Morgan fingerprint density at radius 2 is 1.90 bits per heavy atom. The molecule has 1 saturated heterocycles. The summed E-state index contributed by atoms with van der Waals surface area (Å²) in [4.78, 5) is 14.0. The average Bonchev–Trinajstić information content (AvgIpc) is 2.52. The third kappa shape index (κ3) is 4.64. The van der Waals surface area contributed by atoms with E-state index >= 15 is 0 Å². The smallest absolute Gasteiger partial charge is 0.253 e. The van der Waals surface area contributed by atoms with Crippen molar-refractivity contribution in [1.82, 2.24) is 10.2 Å². The van der Waals surface area contributed by atoms with E-state index in [0.717, 1.165) is 24.4 Å². The molecule has 1 aromatic rings. The number of rotatable bonds is 6. The van der Waals surface area contributed by atoms with Gasteiger partial charge in [-0.05, 0) is 50.4 Å².